The molecule has 0 N–H and O–H groups in total. The first kappa shape index (κ1) is 19.8. The molecule has 138 valence electrons. The Balaban J connectivity index is 1.92. The van der Waals surface area contributed by atoms with Gasteiger partial charge in [-0.2, -0.15) is 5.10 Å². The minimum absolute atomic E-state index is 0.403. The van der Waals surface area contributed by atoms with Crippen molar-refractivity contribution in [1.29, 1.82) is 0 Å². The van der Waals surface area contributed by atoms with Gasteiger partial charge in [-0.15, -0.1) is 0 Å². The number of alkyl halides is 3. The zero-order valence-corrected chi connectivity index (χ0v) is 17.6. The fourth-order valence-corrected chi connectivity index (χ4v) is 3.41. The van der Waals surface area contributed by atoms with E-state index >= 15 is 0 Å². The molecule has 5 nitrogen and oxygen atoms in total. The lowest BCUT2D eigenvalue weighted by atomic mass is 10.2. The van der Waals surface area contributed by atoms with E-state index in [1.54, 1.807) is 34.1 Å². The summed E-state index contributed by atoms with van der Waals surface area (Å²) < 4.78 is 0.123. The molecule has 0 fully saturated rings. The van der Waals surface area contributed by atoms with Crippen LogP contribution in [0.25, 0.3) is 0 Å². The van der Waals surface area contributed by atoms with Gasteiger partial charge in [0.25, 0.3) is 0 Å². The van der Waals surface area contributed by atoms with E-state index in [1.807, 2.05) is 20.0 Å². The van der Waals surface area contributed by atoms with Gasteiger partial charge in [-0.1, -0.05) is 58.0 Å². The molecule has 0 bridgehead atoms. The third-order valence-electron chi connectivity index (χ3n) is 3.80. The first-order valence-electron chi connectivity index (χ1n) is 7.54. The van der Waals surface area contributed by atoms with Crippen LogP contribution in [-0.4, -0.2) is 36.8 Å². The van der Waals surface area contributed by atoms with E-state index in [2.05, 4.69) is 15.1 Å². The first-order chi connectivity index (χ1) is 12.1. The average molecular weight is 454 g/mol. The smallest absolute Gasteiger partial charge is 0.230 e. The van der Waals surface area contributed by atoms with Crippen molar-refractivity contribution in [1.82, 2.24) is 14.7 Å². The Bertz CT molecular complexity index is 884. The normalized spacial score (nSPS) is 17.6. The maximum Gasteiger partial charge on any atom is 0.230 e. The largest absolute Gasteiger partial charge is 0.331 e. The van der Waals surface area contributed by atoms with E-state index in [0.29, 0.717) is 28.0 Å². The Morgan fingerprint density at radius 2 is 1.85 bits per heavy atom. The molecular weight excluding hydrogens is 439 g/mol. The predicted octanol–water partition coefficient (Wildman–Crippen LogP) is 5.02. The lowest BCUT2D eigenvalue weighted by molar-refractivity contribution is 0.312. The predicted molar refractivity (Wildman–Crippen MR) is 109 cm³/mol. The van der Waals surface area contributed by atoms with Crippen LogP contribution in [0.4, 0.5) is 0 Å². The molecule has 10 heteroatoms. The highest BCUT2D eigenvalue weighted by atomic mass is 35.6. The molecule has 0 radical (unpaired) electrons. The number of benzene rings is 1. The highest BCUT2D eigenvalue weighted by Gasteiger charge is 2.38. The SMILES string of the molecule is Cc1cc(CN2C=NC(c3ccc(Cl)c(Cl)c3)=NC2C(Cl)(Cl)Cl)n(C)n1. The summed E-state index contributed by atoms with van der Waals surface area (Å²) in [7, 11) is 1.86. The van der Waals surface area contributed by atoms with E-state index in [-0.39, 0.29) is 0 Å². The van der Waals surface area contributed by atoms with Gasteiger partial charge in [-0.3, -0.25) is 4.68 Å². The van der Waals surface area contributed by atoms with Crippen molar-refractivity contribution in [3.05, 3.63) is 51.3 Å². The van der Waals surface area contributed by atoms with Crippen molar-refractivity contribution >= 4 is 70.2 Å². The molecular formula is C16H14Cl5N5. The summed E-state index contributed by atoms with van der Waals surface area (Å²) >= 11 is 30.6. The molecule has 0 saturated heterocycles. The van der Waals surface area contributed by atoms with E-state index in [9.17, 15) is 0 Å². The molecule has 1 aromatic heterocycles. The molecule has 1 aliphatic heterocycles. The van der Waals surface area contributed by atoms with Gasteiger partial charge >= 0.3 is 0 Å². The van der Waals surface area contributed by atoms with E-state index in [1.165, 1.54) is 0 Å². The summed E-state index contributed by atoms with van der Waals surface area (Å²) in [6.07, 6.45) is 0.851. The molecule has 3 rings (SSSR count). The van der Waals surface area contributed by atoms with Crippen LogP contribution in [0, 0.1) is 6.92 Å². The zero-order valence-electron chi connectivity index (χ0n) is 13.8. The lowest BCUT2D eigenvalue weighted by Gasteiger charge is -2.34. The van der Waals surface area contributed by atoms with E-state index < -0.39 is 9.96 Å². The Morgan fingerprint density at radius 3 is 2.42 bits per heavy atom. The first-order valence-corrected chi connectivity index (χ1v) is 9.43. The minimum atomic E-state index is -1.65. The summed E-state index contributed by atoms with van der Waals surface area (Å²) in [5, 5.41) is 5.18. The molecule has 1 aromatic carbocycles. The van der Waals surface area contributed by atoms with Gasteiger partial charge in [0.15, 0.2) is 12.0 Å². The van der Waals surface area contributed by atoms with E-state index in [4.69, 9.17) is 58.0 Å². The van der Waals surface area contributed by atoms with Crippen LogP contribution in [0.2, 0.25) is 10.0 Å². The second kappa shape index (κ2) is 7.56. The molecule has 0 amide bonds. The Morgan fingerprint density at radius 1 is 1.12 bits per heavy atom. The summed E-state index contributed by atoms with van der Waals surface area (Å²) in [5.41, 5.74) is 2.54. The lowest BCUT2D eigenvalue weighted by Crippen LogP contribution is -2.44. The molecule has 0 aliphatic carbocycles. The Kier molecular flexibility index (Phi) is 5.75. The zero-order chi connectivity index (χ0) is 19.1. The molecule has 0 spiro atoms. The van der Waals surface area contributed by atoms with Gasteiger partial charge in [0.05, 0.1) is 34.3 Å². The van der Waals surface area contributed by atoms with Gasteiger partial charge in [0.2, 0.25) is 3.79 Å². The second-order valence-corrected chi connectivity index (χ2v) is 9.00. The van der Waals surface area contributed by atoms with Crippen molar-refractivity contribution in [3.8, 4) is 0 Å². The fourth-order valence-electron chi connectivity index (χ4n) is 2.59. The second-order valence-electron chi connectivity index (χ2n) is 5.81. The maximum atomic E-state index is 6.18. The Hall–Kier alpha value is -0.980. The van der Waals surface area contributed by atoms with Gasteiger partial charge in [-0.05, 0) is 31.2 Å². The summed E-state index contributed by atoms with van der Waals surface area (Å²) in [5.74, 6) is 0.414. The molecule has 2 heterocycles. The van der Waals surface area contributed by atoms with Crippen LogP contribution in [0.15, 0.2) is 34.3 Å². The van der Waals surface area contributed by atoms with Crippen molar-refractivity contribution in [2.45, 2.75) is 23.4 Å². The molecule has 1 atom stereocenters. The molecule has 1 aliphatic rings. The number of aryl methyl sites for hydroxylation is 2. The number of aromatic nitrogens is 2. The fraction of sp³-hybridized carbons (Fsp3) is 0.312. The molecule has 0 saturated carbocycles. The Labute approximate surface area is 176 Å². The number of halogens is 5. The standard InChI is InChI=1S/C16H14Cl5N5/c1-9-5-11(25(2)24-9)7-26-8-22-14(23-15(26)16(19,20)21)10-3-4-12(17)13(18)6-10/h3-6,8,15H,7H2,1-2H3. The molecule has 26 heavy (non-hydrogen) atoms. The average Bonchev–Trinajstić information content (AvgIpc) is 2.87. The quantitative estimate of drug-likeness (QED) is 0.613. The van der Waals surface area contributed by atoms with Crippen LogP contribution in [0.5, 0.6) is 0 Å². The minimum Gasteiger partial charge on any atom is -0.331 e. The monoisotopic (exact) mass is 451 g/mol. The third-order valence-corrected chi connectivity index (χ3v) is 5.13. The van der Waals surface area contributed by atoms with Crippen molar-refractivity contribution in [3.63, 3.8) is 0 Å². The van der Waals surface area contributed by atoms with Gasteiger partial charge in [-0.25, -0.2) is 9.98 Å². The van der Waals surface area contributed by atoms with Crippen molar-refractivity contribution in [2.75, 3.05) is 0 Å². The molecule has 1 unspecified atom stereocenters. The van der Waals surface area contributed by atoms with E-state index in [0.717, 1.165) is 11.4 Å². The van der Waals surface area contributed by atoms with Crippen LogP contribution in [0.3, 0.4) is 0 Å². The number of amidine groups is 1. The number of aliphatic imine (C=N–C) groups is 2. The third kappa shape index (κ3) is 4.29. The number of rotatable bonds is 3. The highest BCUT2D eigenvalue weighted by Crippen LogP contribution is 2.36. The van der Waals surface area contributed by atoms with Crippen LogP contribution in [-0.2, 0) is 13.6 Å². The number of hydrogen-bond acceptors (Lipinski definition) is 4. The topological polar surface area (TPSA) is 45.8 Å². The van der Waals surface area contributed by atoms with Crippen molar-refractivity contribution < 1.29 is 0 Å². The van der Waals surface area contributed by atoms with Gasteiger partial charge in [0, 0.05) is 12.6 Å². The number of hydrogen-bond donors (Lipinski definition) is 0. The highest BCUT2D eigenvalue weighted by molar-refractivity contribution is 6.68. The summed E-state index contributed by atoms with van der Waals surface area (Å²) in [6.45, 7) is 2.36. The van der Waals surface area contributed by atoms with Crippen LogP contribution in [0.1, 0.15) is 17.0 Å². The maximum absolute atomic E-state index is 6.18. The summed E-state index contributed by atoms with van der Waals surface area (Å²) in [4.78, 5) is 10.7. The van der Waals surface area contributed by atoms with Gasteiger partial charge < -0.3 is 4.90 Å². The van der Waals surface area contributed by atoms with Crippen LogP contribution >= 0.6 is 58.0 Å². The number of nitrogens with zero attached hydrogens (tertiary/aromatic N) is 5. The van der Waals surface area contributed by atoms with Crippen molar-refractivity contribution in [2.24, 2.45) is 17.0 Å². The van der Waals surface area contributed by atoms with Crippen LogP contribution < -0.4 is 0 Å². The summed E-state index contributed by atoms with van der Waals surface area (Å²) in [6, 6.07) is 7.07. The molecule has 2 aromatic rings. The van der Waals surface area contributed by atoms with Gasteiger partial charge in [0.1, 0.15) is 0 Å².